The number of nitrogens with zero attached hydrogens (tertiary/aromatic N) is 4. The lowest BCUT2D eigenvalue weighted by Crippen LogP contribution is -2.06. The highest BCUT2D eigenvalue weighted by Crippen LogP contribution is 2.30. The monoisotopic (exact) mass is 443 g/mol. The first kappa shape index (κ1) is 20.4. The molecule has 0 unspecified atom stereocenters. The van der Waals surface area contributed by atoms with E-state index in [0.29, 0.717) is 10.8 Å². The Morgan fingerprint density at radius 2 is 2.00 bits per heavy atom. The van der Waals surface area contributed by atoms with E-state index in [1.165, 1.54) is 0 Å². The van der Waals surface area contributed by atoms with Crippen molar-refractivity contribution < 1.29 is 4.74 Å². The molecule has 0 bridgehead atoms. The molecule has 5 aromatic rings. The highest BCUT2D eigenvalue weighted by molar-refractivity contribution is 6.30. The Morgan fingerprint density at radius 3 is 2.88 bits per heavy atom. The first-order valence-corrected chi connectivity index (χ1v) is 10.8. The lowest BCUT2D eigenvalue weighted by molar-refractivity contribution is 0.198. The zero-order valence-corrected chi connectivity index (χ0v) is 18.4. The lowest BCUT2D eigenvalue weighted by Gasteiger charge is -2.13. The molecule has 3 aromatic heterocycles. The van der Waals surface area contributed by atoms with Crippen LogP contribution in [0.5, 0.6) is 0 Å². The van der Waals surface area contributed by atoms with Gasteiger partial charge in [0.25, 0.3) is 0 Å². The number of aromatic nitrogens is 4. The van der Waals surface area contributed by atoms with Crippen LogP contribution in [0.3, 0.4) is 0 Å². The fraction of sp³-hybridized carbons (Fsp3) is 0.160. The molecule has 0 saturated heterocycles. The van der Waals surface area contributed by atoms with Crippen LogP contribution < -0.4 is 5.32 Å². The first-order valence-electron chi connectivity index (χ1n) is 10.4. The molecule has 32 heavy (non-hydrogen) atoms. The van der Waals surface area contributed by atoms with Crippen molar-refractivity contribution >= 4 is 39.1 Å². The Bertz CT molecular complexity index is 1400. The van der Waals surface area contributed by atoms with Crippen LogP contribution in [0.15, 0.2) is 73.2 Å². The summed E-state index contributed by atoms with van der Waals surface area (Å²) in [6, 6.07) is 17.8. The van der Waals surface area contributed by atoms with E-state index in [-0.39, 0.29) is 0 Å². The standard InChI is InChI=1S/C25H22ClN5O/c1-32-13-3-10-28-20-6-7-22-21(15-20)25(31-12-9-18-16-27-11-8-23(18)31)30-24(29-22)17-4-2-5-19(26)14-17/h2,4-9,11-12,14-16,28H,3,10,13H2,1H3. The minimum absolute atomic E-state index is 0.631. The number of rotatable bonds is 7. The summed E-state index contributed by atoms with van der Waals surface area (Å²) in [5.74, 6) is 1.44. The van der Waals surface area contributed by atoms with Gasteiger partial charge < -0.3 is 14.6 Å². The number of fused-ring (bicyclic) bond motifs is 2. The number of hydrogen-bond donors (Lipinski definition) is 1. The van der Waals surface area contributed by atoms with Crippen LogP contribution in [-0.4, -0.2) is 39.8 Å². The van der Waals surface area contributed by atoms with Gasteiger partial charge in [-0.05, 0) is 48.9 Å². The van der Waals surface area contributed by atoms with Crippen molar-refractivity contribution in [1.82, 2.24) is 19.5 Å². The van der Waals surface area contributed by atoms with Gasteiger partial charge in [0.15, 0.2) is 5.82 Å². The van der Waals surface area contributed by atoms with Crippen LogP contribution in [0.1, 0.15) is 6.42 Å². The molecule has 0 fully saturated rings. The molecule has 0 amide bonds. The lowest BCUT2D eigenvalue weighted by atomic mass is 10.1. The number of pyridine rings is 1. The van der Waals surface area contributed by atoms with E-state index in [1.807, 2.05) is 60.9 Å². The van der Waals surface area contributed by atoms with Crippen LogP contribution >= 0.6 is 11.6 Å². The van der Waals surface area contributed by atoms with Gasteiger partial charge in [0, 0.05) is 65.9 Å². The largest absolute Gasteiger partial charge is 0.385 e. The molecule has 6 nitrogen and oxygen atoms in total. The highest BCUT2D eigenvalue weighted by Gasteiger charge is 2.14. The Balaban J connectivity index is 1.68. The maximum Gasteiger partial charge on any atom is 0.162 e. The van der Waals surface area contributed by atoms with Crippen molar-refractivity contribution in [2.45, 2.75) is 6.42 Å². The number of ether oxygens (including phenoxy) is 1. The zero-order valence-electron chi connectivity index (χ0n) is 17.6. The molecule has 7 heteroatoms. The summed E-state index contributed by atoms with van der Waals surface area (Å²) < 4.78 is 7.23. The van der Waals surface area contributed by atoms with Crippen molar-refractivity contribution in [3.8, 4) is 17.2 Å². The van der Waals surface area contributed by atoms with E-state index in [2.05, 4.69) is 20.9 Å². The van der Waals surface area contributed by atoms with Gasteiger partial charge >= 0.3 is 0 Å². The molecular formula is C25H22ClN5O. The molecule has 5 rings (SSSR count). The van der Waals surface area contributed by atoms with Gasteiger partial charge in [0.2, 0.25) is 0 Å². The summed E-state index contributed by atoms with van der Waals surface area (Å²) >= 11 is 6.24. The molecule has 160 valence electrons. The zero-order chi connectivity index (χ0) is 21.9. The number of anilines is 1. The van der Waals surface area contributed by atoms with Gasteiger partial charge in [-0.2, -0.15) is 0 Å². The number of halogens is 1. The average molecular weight is 444 g/mol. The summed E-state index contributed by atoms with van der Waals surface area (Å²) in [6.45, 7) is 1.55. The summed E-state index contributed by atoms with van der Waals surface area (Å²) in [5, 5.41) is 6.13. The Labute approximate surface area is 190 Å². The molecule has 0 spiro atoms. The smallest absolute Gasteiger partial charge is 0.162 e. The van der Waals surface area contributed by atoms with E-state index in [4.69, 9.17) is 26.3 Å². The predicted molar refractivity (Wildman–Crippen MR) is 130 cm³/mol. The van der Waals surface area contributed by atoms with Gasteiger partial charge in [-0.25, -0.2) is 9.97 Å². The van der Waals surface area contributed by atoms with Crippen LogP contribution in [0.25, 0.3) is 39.0 Å². The molecular weight excluding hydrogens is 422 g/mol. The second kappa shape index (κ2) is 8.94. The normalized spacial score (nSPS) is 11.3. The predicted octanol–water partition coefficient (Wildman–Crippen LogP) is 5.74. The maximum atomic E-state index is 6.24. The summed E-state index contributed by atoms with van der Waals surface area (Å²) in [6.07, 6.45) is 6.61. The number of methoxy groups -OCH3 is 1. The molecule has 0 atom stereocenters. The quantitative estimate of drug-likeness (QED) is 0.325. The van der Waals surface area contributed by atoms with Crippen LogP contribution in [0.4, 0.5) is 5.69 Å². The molecule has 0 aliphatic carbocycles. The topological polar surface area (TPSA) is 64.9 Å². The Morgan fingerprint density at radius 1 is 1.06 bits per heavy atom. The van der Waals surface area contributed by atoms with Gasteiger partial charge in [-0.15, -0.1) is 0 Å². The third-order valence-corrected chi connectivity index (χ3v) is 5.57. The third-order valence-electron chi connectivity index (χ3n) is 5.33. The first-order chi connectivity index (χ1) is 15.7. The fourth-order valence-electron chi connectivity index (χ4n) is 3.78. The van der Waals surface area contributed by atoms with Crippen LogP contribution in [0.2, 0.25) is 5.02 Å². The van der Waals surface area contributed by atoms with E-state index < -0.39 is 0 Å². The van der Waals surface area contributed by atoms with Gasteiger partial charge in [-0.1, -0.05) is 23.7 Å². The maximum absolute atomic E-state index is 6.24. The van der Waals surface area contributed by atoms with Crippen molar-refractivity contribution in [1.29, 1.82) is 0 Å². The summed E-state index contributed by atoms with van der Waals surface area (Å²) in [5.41, 5.74) is 3.80. The van der Waals surface area contributed by atoms with Crippen molar-refractivity contribution in [3.05, 3.63) is 78.2 Å². The molecule has 1 N–H and O–H groups in total. The van der Waals surface area contributed by atoms with E-state index >= 15 is 0 Å². The average Bonchev–Trinajstić information content (AvgIpc) is 3.25. The molecule has 0 aliphatic rings. The minimum Gasteiger partial charge on any atom is -0.385 e. The van der Waals surface area contributed by atoms with E-state index in [9.17, 15) is 0 Å². The number of benzene rings is 2. The third kappa shape index (κ3) is 4.02. The van der Waals surface area contributed by atoms with Crippen LogP contribution in [0, 0.1) is 0 Å². The number of nitrogens with one attached hydrogen (secondary N) is 1. The van der Waals surface area contributed by atoms with Gasteiger partial charge in [0.1, 0.15) is 5.82 Å². The van der Waals surface area contributed by atoms with E-state index in [0.717, 1.165) is 58.4 Å². The molecule has 0 aliphatic heterocycles. The van der Waals surface area contributed by atoms with Crippen LogP contribution in [-0.2, 0) is 4.74 Å². The molecule has 0 saturated carbocycles. The Kier molecular flexibility index (Phi) is 5.71. The second-order valence-electron chi connectivity index (χ2n) is 7.51. The second-order valence-corrected chi connectivity index (χ2v) is 7.94. The minimum atomic E-state index is 0.631. The molecule has 0 radical (unpaired) electrons. The summed E-state index contributed by atoms with van der Waals surface area (Å²) in [7, 11) is 1.72. The molecule has 2 aromatic carbocycles. The van der Waals surface area contributed by atoms with Gasteiger partial charge in [-0.3, -0.25) is 4.98 Å². The Hall–Kier alpha value is -3.48. The summed E-state index contributed by atoms with van der Waals surface area (Å²) in [4.78, 5) is 14.1. The van der Waals surface area contributed by atoms with Crippen molar-refractivity contribution in [2.24, 2.45) is 0 Å². The van der Waals surface area contributed by atoms with Gasteiger partial charge in [0.05, 0.1) is 11.0 Å². The molecule has 3 heterocycles. The highest BCUT2D eigenvalue weighted by atomic mass is 35.5. The fourth-order valence-corrected chi connectivity index (χ4v) is 3.97. The SMILES string of the molecule is COCCCNc1ccc2nc(-c3cccc(Cl)c3)nc(-n3ccc4cnccc43)c2c1. The van der Waals surface area contributed by atoms with Crippen molar-refractivity contribution in [3.63, 3.8) is 0 Å². The van der Waals surface area contributed by atoms with E-state index in [1.54, 1.807) is 13.3 Å². The number of hydrogen-bond acceptors (Lipinski definition) is 5. The van der Waals surface area contributed by atoms with Crippen molar-refractivity contribution in [2.75, 3.05) is 25.6 Å².